The summed E-state index contributed by atoms with van der Waals surface area (Å²) in [6, 6.07) is 4.40. The molecule has 1 amide bonds. The lowest BCUT2D eigenvalue weighted by Gasteiger charge is -2.23. The summed E-state index contributed by atoms with van der Waals surface area (Å²) < 4.78 is 10.2. The zero-order valence-electron chi connectivity index (χ0n) is 15.3. The number of ether oxygens (including phenoxy) is 2. The maximum atomic E-state index is 12.3. The number of carbonyl (C=O) groups excluding carboxylic acids is 3. The topological polar surface area (TPSA) is 116 Å². The molecular weight excluding hydrogens is 356 g/mol. The first-order chi connectivity index (χ1) is 12.8. The number of ketones is 1. The van der Waals surface area contributed by atoms with Gasteiger partial charge in [0.05, 0.1) is 11.5 Å². The van der Waals surface area contributed by atoms with E-state index in [0.717, 1.165) is 6.07 Å². The monoisotopic (exact) mass is 378 g/mol. The number of likely N-dealkylation sites (tertiary alicyclic amines) is 1. The van der Waals surface area contributed by atoms with Crippen LogP contribution in [0.3, 0.4) is 0 Å². The molecular formula is C18H22N2O7. The van der Waals surface area contributed by atoms with Crippen LogP contribution >= 0.6 is 0 Å². The van der Waals surface area contributed by atoms with Crippen molar-refractivity contribution in [2.45, 2.75) is 32.7 Å². The largest absolute Gasteiger partial charge is 0.456 e. The van der Waals surface area contributed by atoms with Crippen molar-refractivity contribution in [3.8, 4) is 0 Å². The predicted octanol–water partition coefficient (Wildman–Crippen LogP) is 2.58. The van der Waals surface area contributed by atoms with E-state index in [9.17, 15) is 24.5 Å². The number of Topliss-reactive ketones (excluding diaryl/α,β-unsaturated/α-hetero) is 1. The lowest BCUT2D eigenvalue weighted by Crippen LogP contribution is -2.42. The summed E-state index contributed by atoms with van der Waals surface area (Å²) in [5, 5.41) is 10.8. The maximum Gasteiger partial charge on any atom is 0.410 e. The molecule has 2 rings (SSSR count). The minimum atomic E-state index is -0.789. The van der Waals surface area contributed by atoms with Gasteiger partial charge in [-0.25, -0.2) is 9.59 Å². The van der Waals surface area contributed by atoms with E-state index in [-0.39, 0.29) is 23.8 Å². The normalized spacial score (nSPS) is 16.3. The first-order valence-electron chi connectivity index (χ1n) is 8.67. The number of amides is 1. The average Bonchev–Trinajstić information content (AvgIpc) is 3.13. The maximum absolute atomic E-state index is 12.3. The fraction of sp³-hybridized carbons (Fsp3) is 0.500. The van der Waals surface area contributed by atoms with E-state index in [1.807, 2.05) is 13.8 Å². The molecule has 0 radical (unpaired) electrons. The molecule has 1 heterocycles. The number of hydrogen-bond donors (Lipinski definition) is 0. The van der Waals surface area contributed by atoms with Gasteiger partial charge in [-0.2, -0.15) is 0 Å². The van der Waals surface area contributed by atoms with Crippen molar-refractivity contribution in [2.24, 2.45) is 5.92 Å². The molecule has 1 aromatic carbocycles. The summed E-state index contributed by atoms with van der Waals surface area (Å²) in [5.41, 5.74) is -0.140. The Hall–Kier alpha value is -2.97. The summed E-state index contributed by atoms with van der Waals surface area (Å²) in [4.78, 5) is 48.0. The van der Waals surface area contributed by atoms with Gasteiger partial charge < -0.3 is 9.47 Å². The first-order valence-corrected chi connectivity index (χ1v) is 8.67. The molecule has 0 unspecified atom stereocenters. The number of rotatable bonds is 7. The number of hydrogen-bond acceptors (Lipinski definition) is 7. The smallest absolute Gasteiger partial charge is 0.410 e. The Kier molecular flexibility index (Phi) is 6.86. The quantitative estimate of drug-likeness (QED) is 0.310. The van der Waals surface area contributed by atoms with Gasteiger partial charge in [-0.05, 0) is 18.8 Å². The second kappa shape index (κ2) is 9.11. The minimum absolute atomic E-state index is 0.0802. The molecule has 9 nitrogen and oxygen atoms in total. The molecule has 0 spiro atoms. The number of carbonyl (C=O) groups is 3. The van der Waals surface area contributed by atoms with Crippen molar-refractivity contribution >= 4 is 23.5 Å². The van der Waals surface area contributed by atoms with Crippen molar-refractivity contribution in [1.82, 2.24) is 4.90 Å². The van der Waals surface area contributed by atoms with E-state index in [0.29, 0.717) is 19.4 Å². The predicted molar refractivity (Wildman–Crippen MR) is 94.3 cm³/mol. The standard InChI is InChI=1S/C18H22N2O7/c1-12(2)10-27-18(23)19-8-4-7-15(19)17(22)26-11-16(21)13-5-3-6-14(9-13)20(24)25/h3,5-6,9,12,15H,4,7-8,10-11H2,1-2H3/t15-/m0/s1. The van der Waals surface area contributed by atoms with Gasteiger partial charge >= 0.3 is 12.1 Å². The van der Waals surface area contributed by atoms with Crippen LogP contribution < -0.4 is 0 Å². The molecule has 1 saturated heterocycles. The highest BCUT2D eigenvalue weighted by atomic mass is 16.6. The Balaban J connectivity index is 1.92. The van der Waals surface area contributed by atoms with Crippen LogP contribution in [-0.2, 0) is 14.3 Å². The highest BCUT2D eigenvalue weighted by Gasteiger charge is 2.36. The molecule has 0 aromatic heterocycles. The molecule has 0 aliphatic carbocycles. The van der Waals surface area contributed by atoms with E-state index in [1.54, 1.807) is 0 Å². The number of non-ortho nitro benzene ring substituents is 1. The van der Waals surface area contributed by atoms with Crippen molar-refractivity contribution in [2.75, 3.05) is 19.8 Å². The molecule has 9 heteroatoms. The SMILES string of the molecule is CC(C)COC(=O)N1CCC[C@H]1C(=O)OCC(=O)c1cccc([N+](=O)[O-])c1. The molecule has 1 fully saturated rings. The van der Waals surface area contributed by atoms with Crippen LogP contribution in [0.5, 0.6) is 0 Å². The van der Waals surface area contributed by atoms with Crippen LogP contribution in [0.15, 0.2) is 24.3 Å². The van der Waals surface area contributed by atoms with Gasteiger partial charge in [-0.3, -0.25) is 19.8 Å². The average molecular weight is 378 g/mol. The van der Waals surface area contributed by atoms with Crippen molar-refractivity contribution < 1.29 is 28.8 Å². The van der Waals surface area contributed by atoms with Crippen LogP contribution in [-0.4, -0.2) is 53.5 Å². The van der Waals surface area contributed by atoms with E-state index in [2.05, 4.69) is 0 Å². The number of benzene rings is 1. The van der Waals surface area contributed by atoms with Crippen molar-refractivity contribution in [3.05, 3.63) is 39.9 Å². The van der Waals surface area contributed by atoms with Gasteiger partial charge in [0.15, 0.2) is 6.61 Å². The second-order valence-electron chi connectivity index (χ2n) is 6.66. The summed E-state index contributed by atoms with van der Waals surface area (Å²) in [6.45, 7) is 3.90. The summed E-state index contributed by atoms with van der Waals surface area (Å²) in [6.07, 6.45) is 0.490. The zero-order chi connectivity index (χ0) is 20.0. The lowest BCUT2D eigenvalue weighted by atomic mass is 10.1. The fourth-order valence-corrected chi connectivity index (χ4v) is 2.66. The highest BCUT2D eigenvalue weighted by Crippen LogP contribution is 2.20. The third-order valence-corrected chi connectivity index (χ3v) is 4.02. The molecule has 1 aliphatic heterocycles. The molecule has 27 heavy (non-hydrogen) atoms. The van der Waals surface area contributed by atoms with Gasteiger partial charge in [-0.15, -0.1) is 0 Å². The van der Waals surface area contributed by atoms with Crippen LogP contribution in [0, 0.1) is 16.0 Å². The third kappa shape index (κ3) is 5.50. The lowest BCUT2D eigenvalue weighted by molar-refractivity contribution is -0.384. The Bertz CT molecular complexity index is 732. The molecule has 0 N–H and O–H groups in total. The molecule has 146 valence electrons. The summed E-state index contributed by atoms with van der Waals surface area (Å²) in [7, 11) is 0. The van der Waals surface area contributed by atoms with Gasteiger partial charge in [0.1, 0.15) is 6.04 Å². The van der Waals surface area contributed by atoms with E-state index < -0.39 is 35.4 Å². The van der Waals surface area contributed by atoms with Gasteiger partial charge in [-0.1, -0.05) is 26.0 Å². The first kappa shape index (κ1) is 20.3. The van der Waals surface area contributed by atoms with Crippen LogP contribution in [0.1, 0.15) is 37.0 Å². The van der Waals surface area contributed by atoms with E-state index in [1.165, 1.54) is 23.1 Å². The van der Waals surface area contributed by atoms with Crippen molar-refractivity contribution in [1.29, 1.82) is 0 Å². The molecule has 1 aromatic rings. The highest BCUT2D eigenvalue weighted by molar-refractivity contribution is 5.98. The minimum Gasteiger partial charge on any atom is -0.456 e. The van der Waals surface area contributed by atoms with Crippen LogP contribution in [0.25, 0.3) is 0 Å². The van der Waals surface area contributed by atoms with Gasteiger partial charge in [0, 0.05) is 24.2 Å². The molecule has 1 aliphatic rings. The molecule has 0 saturated carbocycles. The Morgan fingerprint density at radius 1 is 1.30 bits per heavy atom. The number of nitro benzene ring substituents is 1. The Morgan fingerprint density at radius 3 is 2.70 bits per heavy atom. The fourth-order valence-electron chi connectivity index (χ4n) is 2.66. The molecule has 1 atom stereocenters. The summed E-state index contributed by atoms with van der Waals surface area (Å²) >= 11 is 0. The Labute approximate surface area is 156 Å². The van der Waals surface area contributed by atoms with E-state index >= 15 is 0 Å². The number of esters is 1. The van der Waals surface area contributed by atoms with Gasteiger partial charge in [0.25, 0.3) is 5.69 Å². The van der Waals surface area contributed by atoms with Crippen molar-refractivity contribution in [3.63, 3.8) is 0 Å². The molecule has 0 bridgehead atoms. The number of nitro groups is 1. The van der Waals surface area contributed by atoms with Crippen LogP contribution in [0.2, 0.25) is 0 Å². The number of nitrogens with zero attached hydrogens (tertiary/aromatic N) is 2. The zero-order valence-corrected chi connectivity index (χ0v) is 15.3. The summed E-state index contributed by atoms with van der Waals surface area (Å²) in [5.74, 6) is -1.07. The second-order valence-corrected chi connectivity index (χ2v) is 6.66. The van der Waals surface area contributed by atoms with Gasteiger partial charge in [0.2, 0.25) is 5.78 Å². The third-order valence-electron chi connectivity index (χ3n) is 4.02. The van der Waals surface area contributed by atoms with Crippen LogP contribution in [0.4, 0.5) is 10.5 Å². The van der Waals surface area contributed by atoms with E-state index in [4.69, 9.17) is 9.47 Å². The Morgan fingerprint density at radius 2 is 2.04 bits per heavy atom.